The lowest BCUT2D eigenvalue weighted by atomic mass is 10.1. The number of hydrogen-bond donors (Lipinski definition) is 0. The Balaban J connectivity index is 1.90. The molecule has 1 aliphatic rings. The summed E-state index contributed by atoms with van der Waals surface area (Å²) < 4.78 is 28.8. The molecule has 0 atom stereocenters. The van der Waals surface area contributed by atoms with E-state index in [1.807, 2.05) is 0 Å². The minimum absolute atomic E-state index is 0.0747. The van der Waals surface area contributed by atoms with Crippen LogP contribution in [0.1, 0.15) is 25.0 Å². The van der Waals surface area contributed by atoms with E-state index in [2.05, 4.69) is 4.99 Å². The number of halogens is 1. The van der Waals surface area contributed by atoms with Crippen LogP contribution in [0.3, 0.4) is 0 Å². The Hall–Kier alpha value is -3.48. The van der Waals surface area contributed by atoms with Gasteiger partial charge in [-0.05, 0) is 48.0 Å². The lowest BCUT2D eigenvalue weighted by Gasteiger charge is -2.11. The quantitative estimate of drug-likeness (QED) is 0.447. The van der Waals surface area contributed by atoms with Gasteiger partial charge in [-0.3, -0.25) is 4.79 Å². The molecule has 0 aromatic heterocycles. The summed E-state index contributed by atoms with van der Waals surface area (Å²) in [6.07, 6.45) is 1.50. The largest absolute Gasteiger partial charge is 0.493 e. The van der Waals surface area contributed by atoms with Crippen molar-refractivity contribution in [1.29, 1.82) is 0 Å². The van der Waals surface area contributed by atoms with Crippen molar-refractivity contribution in [2.45, 2.75) is 13.8 Å². The summed E-state index contributed by atoms with van der Waals surface area (Å²) in [7, 11) is 1.47. The topological polar surface area (TPSA) is 74.2 Å². The number of ether oxygens (including phenoxy) is 3. The smallest absolute Gasteiger partial charge is 0.363 e. The van der Waals surface area contributed by atoms with Crippen molar-refractivity contribution in [2.24, 2.45) is 10.9 Å². The molecule has 3 rings (SSSR count). The maximum absolute atomic E-state index is 13.0. The molecular weight excluding hydrogens is 365 g/mol. The summed E-state index contributed by atoms with van der Waals surface area (Å²) >= 11 is 0. The fourth-order valence-electron chi connectivity index (χ4n) is 2.37. The molecule has 0 spiro atoms. The highest BCUT2D eigenvalue weighted by Crippen LogP contribution is 2.30. The minimum Gasteiger partial charge on any atom is -0.493 e. The summed E-state index contributed by atoms with van der Waals surface area (Å²) in [5, 5.41) is 0. The summed E-state index contributed by atoms with van der Waals surface area (Å²) in [5.41, 5.74) is 1.13. The third-order valence-corrected chi connectivity index (χ3v) is 3.88. The number of aliphatic imine (C=N–C) groups is 1. The summed E-state index contributed by atoms with van der Waals surface area (Å²) in [6, 6.07) is 10.4. The zero-order valence-electron chi connectivity index (χ0n) is 15.6. The first-order valence-electron chi connectivity index (χ1n) is 8.55. The summed E-state index contributed by atoms with van der Waals surface area (Å²) in [6.45, 7) is 3.45. The Kier molecular flexibility index (Phi) is 5.54. The fourth-order valence-corrected chi connectivity index (χ4v) is 2.37. The summed E-state index contributed by atoms with van der Waals surface area (Å²) in [4.78, 5) is 28.2. The molecule has 1 aliphatic heterocycles. The SMILES string of the molecule is COc1ccc(/C=C2/N=C(c3ccc(F)cc3)OC2=O)cc1OC(=O)C(C)C. The molecule has 7 heteroatoms. The molecule has 6 nitrogen and oxygen atoms in total. The molecule has 0 unspecified atom stereocenters. The van der Waals surface area contributed by atoms with Crippen LogP contribution in [0.5, 0.6) is 11.5 Å². The van der Waals surface area contributed by atoms with Crippen molar-refractivity contribution >= 4 is 23.9 Å². The maximum Gasteiger partial charge on any atom is 0.363 e. The number of hydrogen-bond acceptors (Lipinski definition) is 6. The van der Waals surface area contributed by atoms with Gasteiger partial charge >= 0.3 is 11.9 Å². The van der Waals surface area contributed by atoms with Gasteiger partial charge < -0.3 is 14.2 Å². The Bertz CT molecular complexity index is 977. The Morgan fingerprint density at radius 1 is 1.14 bits per heavy atom. The highest BCUT2D eigenvalue weighted by atomic mass is 19.1. The fraction of sp³-hybridized carbons (Fsp3) is 0.190. The standard InChI is InChI=1S/C21H18FNO5/c1-12(2)20(24)27-18-11-13(4-9-17(18)26-3)10-16-21(25)28-19(23-16)14-5-7-15(22)8-6-14/h4-12H,1-3H3/b16-10+. The lowest BCUT2D eigenvalue weighted by Crippen LogP contribution is -2.15. The molecule has 28 heavy (non-hydrogen) atoms. The number of benzene rings is 2. The van der Waals surface area contributed by atoms with Crippen LogP contribution in [-0.4, -0.2) is 24.9 Å². The zero-order valence-corrected chi connectivity index (χ0v) is 15.6. The van der Waals surface area contributed by atoms with Gasteiger partial charge in [0.2, 0.25) is 5.90 Å². The van der Waals surface area contributed by atoms with Crippen molar-refractivity contribution in [2.75, 3.05) is 7.11 Å². The number of rotatable bonds is 5. The van der Waals surface area contributed by atoms with Gasteiger partial charge in [-0.15, -0.1) is 0 Å². The van der Waals surface area contributed by atoms with E-state index in [1.54, 1.807) is 32.0 Å². The van der Waals surface area contributed by atoms with E-state index in [0.717, 1.165) is 0 Å². The monoisotopic (exact) mass is 383 g/mol. The predicted molar refractivity (Wildman–Crippen MR) is 100 cm³/mol. The average molecular weight is 383 g/mol. The molecule has 0 aliphatic carbocycles. The van der Waals surface area contributed by atoms with Gasteiger partial charge in [0, 0.05) is 5.56 Å². The van der Waals surface area contributed by atoms with E-state index in [4.69, 9.17) is 14.2 Å². The van der Waals surface area contributed by atoms with Crippen molar-refractivity contribution in [1.82, 2.24) is 0 Å². The maximum atomic E-state index is 13.0. The molecule has 0 radical (unpaired) electrons. The van der Waals surface area contributed by atoms with Crippen molar-refractivity contribution in [3.05, 3.63) is 65.1 Å². The van der Waals surface area contributed by atoms with Crippen LogP contribution in [0.15, 0.2) is 53.2 Å². The minimum atomic E-state index is -0.629. The Morgan fingerprint density at radius 3 is 2.50 bits per heavy atom. The number of nitrogens with zero attached hydrogens (tertiary/aromatic N) is 1. The number of cyclic esters (lactones) is 1. The van der Waals surface area contributed by atoms with Gasteiger partial charge in [-0.1, -0.05) is 19.9 Å². The Morgan fingerprint density at radius 2 is 1.86 bits per heavy atom. The van der Waals surface area contributed by atoms with Crippen molar-refractivity contribution in [3.63, 3.8) is 0 Å². The van der Waals surface area contributed by atoms with E-state index in [9.17, 15) is 14.0 Å². The number of methoxy groups -OCH3 is 1. The van der Waals surface area contributed by atoms with Gasteiger partial charge in [-0.25, -0.2) is 14.2 Å². The van der Waals surface area contributed by atoms with Gasteiger partial charge in [0.25, 0.3) is 0 Å². The van der Waals surface area contributed by atoms with Crippen molar-refractivity contribution < 1.29 is 28.2 Å². The van der Waals surface area contributed by atoms with E-state index in [0.29, 0.717) is 16.9 Å². The van der Waals surface area contributed by atoms with Crippen LogP contribution in [0.25, 0.3) is 6.08 Å². The van der Waals surface area contributed by atoms with E-state index in [-0.39, 0.29) is 23.3 Å². The van der Waals surface area contributed by atoms with Crippen LogP contribution >= 0.6 is 0 Å². The molecule has 2 aromatic carbocycles. The van der Waals surface area contributed by atoms with Crippen molar-refractivity contribution in [3.8, 4) is 11.5 Å². The van der Waals surface area contributed by atoms with Crippen LogP contribution in [-0.2, 0) is 14.3 Å². The molecule has 0 fully saturated rings. The molecule has 1 heterocycles. The molecule has 144 valence electrons. The van der Waals surface area contributed by atoms with Crippen LogP contribution in [0, 0.1) is 11.7 Å². The van der Waals surface area contributed by atoms with E-state index >= 15 is 0 Å². The van der Waals surface area contributed by atoms with E-state index in [1.165, 1.54) is 37.5 Å². The molecular formula is C21H18FNO5. The number of carbonyl (C=O) groups excluding carboxylic acids is 2. The molecule has 2 aromatic rings. The van der Waals surface area contributed by atoms with Gasteiger partial charge in [0.15, 0.2) is 17.2 Å². The summed E-state index contributed by atoms with van der Waals surface area (Å²) in [5.74, 6) is -1.01. The first kappa shape index (κ1) is 19.3. The zero-order chi connectivity index (χ0) is 20.3. The second-order valence-corrected chi connectivity index (χ2v) is 6.33. The van der Waals surface area contributed by atoms with Crippen LogP contribution in [0.2, 0.25) is 0 Å². The highest BCUT2D eigenvalue weighted by molar-refractivity contribution is 6.12. The van der Waals surface area contributed by atoms with Gasteiger partial charge in [-0.2, -0.15) is 0 Å². The molecule has 0 saturated carbocycles. The molecule has 0 saturated heterocycles. The van der Waals surface area contributed by atoms with E-state index < -0.39 is 17.8 Å². The highest BCUT2D eigenvalue weighted by Gasteiger charge is 2.24. The third-order valence-electron chi connectivity index (χ3n) is 3.88. The number of carbonyl (C=O) groups is 2. The molecule has 0 amide bonds. The first-order chi connectivity index (χ1) is 13.4. The first-order valence-corrected chi connectivity index (χ1v) is 8.55. The van der Waals surface area contributed by atoms with Crippen LogP contribution < -0.4 is 9.47 Å². The normalized spacial score (nSPS) is 14.8. The lowest BCUT2D eigenvalue weighted by molar-refractivity contribution is -0.137. The second kappa shape index (κ2) is 8.04. The average Bonchev–Trinajstić information content (AvgIpc) is 3.03. The van der Waals surface area contributed by atoms with Gasteiger partial charge in [0.1, 0.15) is 5.82 Å². The second-order valence-electron chi connectivity index (χ2n) is 6.33. The predicted octanol–water partition coefficient (Wildman–Crippen LogP) is 3.74. The Labute approximate surface area is 161 Å². The van der Waals surface area contributed by atoms with Gasteiger partial charge in [0.05, 0.1) is 13.0 Å². The molecule has 0 N–H and O–H groups in total. The number of esters is 2. The molecule has 0 bridgehead atoms. The third kappa shape index (κ3) is 4.25. The van der Waals surface area contributed by atoms with Crippen LogP contribution in [0.4, 0.5) is 4.39 Å².